The number of methoxy groups -OCH3 is 1. The van der Waals surface area contributed by atoms with Crippen LogP contribution in [0.25, 0.3) is 0 Å². The van der Waals surface area contributed by atoms with Crippen molar-refractivity contribution in [3.63, 3.8) is 0 Å². The maximum absolute atomic E-state index is 11.1. The molecule has 88 valence electrons. The highest BCUT2D eigenvalue weighted by atomic mass is 35.5. The van der Waals surface area contributed by atoms with E-state index < -0.39 is 4.84 Å². The van der Waals surface area contributed by atoms with E-state index in [4.69, 9.17) is 27.9 Å². The van der Waals surface area contributed by atoms with Crippen LogP contribution in [0.2, 0.25) is 0 Å². The van der Waals surface area contributed by atoms with E-state index in [1.807, 2.05) is 24.3 Å². The fourth-order valence-corrected chi connectivity index (χ4v) is 1.31. The van der Waals surface area contributed by atoms with Gasteiger partial charge in [-0.05, 0) is 17.7 Å². The van der Waals surface area contributed by atoms with E-state index in [2.05, 4.69) is 5.32 Å². The molecule has 1 aromatic rings. The number of ether oxygens (including phenoxy) is 1. The van der Waals surface area contributed by atoms with Gasteiger partial charge in [-0.25, -0.2) is 0 Å². The number of rotatable bonds is 6. The Morgan fingerprint density at radius 3 is 2.50 bits per heavy atom. The van der Waals surface area contributed by atoms with Gasteiger partial charge in [0.05, 0.1) is 13.2 Å². The highest BCUT2D eigenvalue weighted by Crippen LogP contribution is 2.11. The van der Waals surface area contributed by atoms with Crippen molar-refractivity contribution in [2.75, 3.05) is 19.0 Å². The van der Waals surface area contributed by atoms with Crippen LogP contribution in [0, 0.1) is 0 Å². The van der Waals surface area contributed by atoms with E-state index in [9.17, 15) is 4.79 Å². The predicted octanol–water partition coefficient (Wildman–Crippen LogP) is 2.62. The molecule has 0 bridgehead atoms. The molecule has 3 nitrogen and oxygen atoms in total. The summed E-state index contributed by atoms with van der Waals surface area (Å²) in [4.78, 5) is 10.2. The highest BCUT2D eigenvalue weighted by Gasteiger charge is 2.10. The van der Waals surface area contributed by atoms with Gasteiger partial charge < -0.3 is 10.1 Å². The lowest BCUT2D eigenvalue weighted by atomic mass is 10.2. The first-order chi connectivity index (χ1) is 7.63. The second kappa shape index (κ2) is 6.74. The molecule has 5 heteroatoms. The van der Waals surface area contributed by atoms with Crippen LogP contribution in [0.3, 0.4) is 0 Å². The number of carbonyl (C=O) groups is 1. The molecule has 0 saturated heterocycles. The number of alkyl halides is 2. The van der Waals surface area contributed by atoms with Crippen molar-refractivity contribution in [2.45, 2.75) is 11.4 Å². The normalized spacial score (nSPS) is 10.5. The summed E-state index contributed by atoms with van der Waals surface area (Å²) >= 11 is 10.8. The standard InChI is InChI=1S/C11H13Cl2NO2/c1-16-7-8-2-4-9(5-3-8)14-6-10(15)11(12)13/h2-5,11,14H,6-7H2,1H3. The number of benzene rings is 1. The second-order valence-corrected chi connectivity index (χ2v) is 4.35. The number of hydrogen-bond donors (Lipinski definition) is 1. The zero-order valence-corrected chi connectivity index (χ0v) is 10.4. The number of anilines is 1. The van der Waals surface area contributed by atoms with Gasteiger partial charge in [-0.2, -0.15) is 0 Å². The summed E-state index contributed by atoms with van der Waals surface area (Å²) in [6.45, 7) is 0.700. The molecule has 0 heterocycles. The minimum atomic E-state index is -0.972. The second-order valence-electron chi connectivity index (χ2n) is 3.25. The lowest BCUT2D eigenvalue weighted by molar-refractivity contribution is -0.115. The topological polar surface area (TPSA) is 38.3 Å². The number of hydrogen-bond acceptors (Lipinski definition) is 3. The smallest absolute Gasteiger partial charge is 0.184 e. The van der Waals surface area contributed by atoms with Gasteiger partial charge in [0.25, 0.3) is 0 Å². The largest absolute Gasteiger partial charge is 0.380 e. The van der Waals surface area contributed by atoms with Crippen LogP contribution < -0.4 is 5.32 Å². The molecule has 1 rings (SSSR count). The van der Waals surface area contributed by atoms with Crippen molar-refractivity contribution >= 4 is 34.7 Å². The van der Waals surface area contributed by atoms with Gasteiger partial charge >= 0.3 is 0 Å². The average Bonchev–Trinajstić information content (AvgIpc) is 2.28. The number of Topliss-reactive ketones (excluding diaryl/α,β-unsaturated/α-hetero) is 1. The Balaban J connectivity index is 2.46. The van der Waals surface area contributed by atoms with Crippen LogP contribution in [-0.2, 0) is 16.1 Å². The summed E-state index contributed by atoms with van der Waals surface area (Å²) < 4.78 is 4.99. The molecule has 0 spiro atoms. The Kier molecular flexibility index (Phi) is 5.60. The Bertz CT molecular complexity index is 338. The number of ketones is 1. The minimum absolute atomic E-state index is 0.126. The zero-order chi connectivity index (χ0) is 12.0. The van der Waals surface area contributed by atoms with E-state index in [0.29, 0.717) is 6.61 Å². The van der Waals surface area contributed by atoms with Gasteiger partial charge in [-0.3, -0.25) is 4.79 Å². The number of halogens is 2. The Morgan fingerprint density at radius 2 is 2.00 bits per heavy atom. The Labute approximate surface area is 105 Å². The zero-order valence-electron chi connectivity index (χ0n) is 8.87. The van der Waals surface area contributed by atoms with Crippen LogP contribution in [0.1, 0.15) is 5.56 Å². The first-order valence-electron chi connectivity index (χ1n) is 4.76. The number of carbonyl (C=O) groups excluding carboxylic acids is 1. The molecule has 0 unspecified atom stereocenters. The molecule has 0 aliphatic carbocycles. The monoisotopic (exact) mass is 261 g/mol. The molecular weight excluding hydrogens is 249 g/mol. The van der Waals surface area contributed by atoms with Crippen molar-refractivity contribution in [1.29, 1.82) is 0 Å². The van der Waals surface area contributed by atoms with Crippen LogP contribution in [0.15, 0.2) is 24.3 Å². The van der Waals surface area contributed by atoms with Gasteiger partial charge in [-0.15, -0.1) is 0 Å². The fourth-order valence-electron chi connectivity index (χ4n) is 1.15. The van der Waals surface area contributed by atoms with E-state index in [0.717, 1.165) is 11.3 Å². The van der Waals surface area contributed by atoms with Crippen molar-refractivity contribution in [2.24, 2.45) is 0 Å². The molecule has 16 heavy (non-hydrogen) atoms. The van der Waals surface area contributed by atoms with Crippen molar-refractivity contribution in [3.8, 4) is 0 Å². The first kappa shape index (κ1) is 13.3. The SMILES string of the molecule is COCc1ccc(NCC(=O)C(Cl)Cl)cc1. The van der Waals surface area contributed by atoms with Crippen LogP contribution in [0.4, 0.5) is 5.69 Å². The third-order valence-electron chi connectivity index (χ3n) is 1.98. The van der Waals surface area contributed by atoms with Crippen molar-refractivity contribution in [3.05, 3.63) is 29.8 Å². The molecule has 0 fully saturated rings. The maximum Gasteiger partial charge on any atom is 0.184 e. The molecule has 1 N–H and O–H groups in total. The third-order valence-corrected chi connectivity index (χ3v) is 2.46. The van der Waals surface area contributed by atoms with Crippen molar-refractivity contribution < 1.29 is 9.53 Å². The summed E-state index contributed by atoms with van der Waals surface area (Å²) in [5, 5.41) is 2.94. The molecule has 0 aliphatic rings. The Hall–Kier alpha value is -0.770. The molecule has 1 aromatic carbocycles. The van der Waals surface area contributed by atoms with Gasteiger partial charge in [0, 0.05) is 12.8 Å². The lowest BCUT2D eigenvalue weighted by Crippen LogP contribution is -2.19. The molecule has 0 amide bonds. The molecule has 0 atom stereocenters. The third kappa shape index (κ3) is 4.39. The van der Waals surface area contributed by atoms with E-state index in [1.54, 1.807) is 7.11 Å². The van der Waals surface area contributed by atoms with E-state index in [-0.39, 0.29) is 12.3 Å². The van der Waals surface area contributed by atoms with Gasteiger partial charge in [0.15, 0.2) is 10.6 Å². The predicted molar refractivity (Wildman–Crippen MR) is 66.1 cm³/mol. The van der Waals surface area contributed by atoms with E-state index >= 15 is 0 Å². The summed E-state index contributed by atoms with van der Waals surface area (Å²) in [6, 6.07) is 7.60. The van der Waals surface area contributed by atoms with Gasteiger partial charge in [0.2, 0.25) is 0 Å². The summed E-state index contributed by atoms with van der Waals surface area (Å²) in [6.07, 6.45) is 0. The quantitative estimate of drug-likeness (QED) is 0.801. The fraction of sp³-hybridized carbons (Fsp3) is 0.364. The first-order valence-corrected chi connectivity index (χ1v) is 5.63. The van der Waals surface area contributed by atoms with Crippen LogP contribution >= 0.6 is 23.2 Å². The number of nitrogens with one attached hydrogen (secondary N) is 1. The maximum atomic E-state index is 11.1. The van der Waals surface area contributed by atoms with Crippen molar-refractivity contribution in [1.82, 2.24) is 0 Å². The molecular formula is C11H13Cl2NO2. The molecule has 0 aromatic heterocycles. The van der Waals surface area contributed by atoms with Gasteiger partial charge in [-0.1, -0.05) is 35.3 Å². The van der Waals surface area contributed by atoms with E-state index in [1.165, 1.54) is 0 Å². The average molecular weight is 262 g/mol. The summed E-state index contributed by atoms with van der Waals surface area (Å²) in [7, 11) is 1.64. The van der Waals surface area contributed by atoms with Crippen LogP contribution in [0.5, 0.6) is 0 Å². The molecule has 0 aliphatic heterocycles. The lowest BCUT2D eigenvalue weighted by Gasteiger charge is -2.07. The Morgan fingerprint density at radius 1 is 1.38 bits per heavy atom. The minimum Gasteiger partial charge on any atom is -0.380 e. The highest BCUT2D eigenvalue weighted by molar-refractivity contribution is 6.54. The molecule has 0 radical (unpaired) electrons. The van der Waals surface area contributed by atoms with Gasteiger partial charge in [0.1, 0.15) is 0 Å². The van der Waals surface area contributed by atoms with Crippen LogP contribution in [-0.4, -0.2) is 24.3 Å². The molecule has 0 saturated carbocycles. The summed E-state index contributed by atoms with van der Waals surface area (Å²) in [5.41, 5.74) is 1.93. The summed E-state index contributed by atoms with van der Waals surface area (Å²) in [5.74, 6) is -0.246.